The van der Waals surface area contributed by atoms with E-state index < -0.39 is 0 Å². The Morgan fingerprint density at radius 1 is 0.314 bits per heavy atom. The summed E-state index contributed by atoms with van der Waals surface area (Å²) in [4.78, 5) is 0. The summed E-state index contributed by atoms with van der Waals surface area (Å²) in [6, 6.07) is 66.8. The van der Waals surface area contributed by atoms with Crippen LogP contribution in [0.5, 0.6) is 0 Å². The van der Waals surface area contributed by atoms with E-state index in [9.17, 15) is 0 Å². The Labute approximate surface area is 296 Å². The lowest BCUT2D eigenvalue weighted by Gasteiger charge is -2.12. The monoisotopic (exact) mass is 648 g/mol. The third-order valence-corrected chi connectivity index (χ3v) is 10.9. The number of hydrogen-bond acceptors (Lipinski definition) is 0. The first kappa shape index (κ1) is 28.2. The van der Waals surface area contributed by atoms with Crippen molar-refractivity contribution < 1.29 is 0 Å². The summed E-state index contributed by atoms with van der Waals surface area (Å²) in [6.07, 6.45) is 0.948. The topological polar surface area (TPSA) is 9.86 Å². The summed E-state index contributed by atoms with van der Waals surface area (Å²) >= 11 is 0. The first-order valence-corrected chi connectivity index (χ1v) is 17.7. The van der Waals surface area contributed by atoms with Gasteiger partial charge in [0.1, 0.15) is 0 Å². The van der Waals surface area contributed by atoms with Crippen molar-refractivity contribution in [1.82, 2.24) is 9.13 Å². The van der Waals surface area contributed by atoms with Crippen LogP contribution in [0.4, 0.5) is 0 Å². The third kappa shape index (κ3) is 4.23. The average molecular weight is 649 g/mol. The number of fused-ring (bicyclic) bond motifs is 9. The van der Waals surface area contributed by atoms with Crippen LogP contribution in [0.3, 0.4) is 0 Å². The highest BCUT2D eigenvalue weighted by Crippen LogP contribution is 2.45. The molecular formula is C49H32N2. The largest absolute Gasteiger partial charge is 0.309 e. The highest BCUT2D eigenvalue weighted by Gasteiger charge is 2.23. The van der Waals surface area contributed by atoms with Crippen molar-refractivity contribution in [2.24, 2.45) is 0 Å². The van der Waals surface area contributed by atoms with Crippen molar-refractivity contribution >= 4 is 43.6 Å². The Kier molecular flexibility index (Phi) is 6.05. The van der Waals surface area contributed by atoms with Gasteiger partial charge in [0, 0.05) is 32.9 Å². The second-order valence-electron chi connectivity index (χ2n) is 13.7. The fraction of sp³-hybridized carbons (Fsp3) is 0.0204. The molecule has 0 saturated heterocycles. The molecule has 2 heteroatoms. The number of para-hydroxylation sites is 3. The van der Waals surface area contributed by atoms with Crippen molar-refractivity contribution in [2.75, 3.05) is 0 Å². The Balaban J connectivity index is 1.05. The molecular weight excluding hydrogens is 617 g/mol. The van der Waals surface area contributed by atoms with Gasteiger partial charge < -0.3 is 9.13 Å². The Morgan fingerprint density at radius 3 is 1.55 bits per heavy atom. The van der Waals surface area contributed by atoms with Gasteiger partial charge >= 0.3 is 0 Å². The molecule has 238 valence electrons. The van der Waals surface area contributed by atoms with Crippen LogP contribution in [0.15, 0.2) is 182 Å². The van der Waals surface area contributed by atoms with Crippen molar-refractivity contribution in [1.29, 1.82) is 0 Å². The molecule has 0 radical (unpaired) electrons. The number of nitrogens with zero attached hydrogens (tertiary/aromatic N) is 2. The average Bonchev–Trinajstić information content (AvgIpc) is 3.85. The Bertz CT molecular complexity index is 2980. The van der Waals surface area contributed by atoms with Crippen molar-refractivity contribution in [3.63, 3.8) is 0 Å². The van der Waals surface area contributed by atoms with Crippen molar-refractivity contribution in [3.05, 3.63) is 193 Å². The number of hydrogen-bond donors (Lipinski definition) is 0. The minimum Gasteiger partial charge on any atom is -0.309 e. The van der Waals surface area contributed by atoms with E-state index in [1.165, 1.54) is 99.5 Å². The molecule has 10 aromatic rings. The fourth-order valence-electron chi connectivity index (χ4n) is 8.68. The van der Waals surface area contributed by atoms with Gasteiger partial charge in [0.05, 0.1) is 22.1 Å². The molecule has 51 heavy (non-hydrogen) atoms. The molecule has 8 aromatic carbocycles. The van der Waals surface area contributed by atoms with Gasteiger partial charge in [-0.25, -0.2) is 0 Å². The number of rotatable bonds is 4. The second-order valence-corrected chi connectivity index (χ2v) is 13.7. The molecule has 1 aliphatic rings. The molecule has 0 atom stereocenters. The van der Waals surface area contributed by atoms with Crippen LogP contribution in [0, 0.1) is 0 Å². The van der Waals surface area contributed by atoms with Gasteiger partial charge in [-0.15, -0.1) is 0 Å². The molecule has 0 N–H and O–H groups in total. The zero-order chi connectivity index (χ0) is 33.5. The normalized spacial score (nSPS) is 12.2. The van der Waals surface area contributed by atoms with Gasteiger partial charge in [0.25, 0.3) is 0 Å². The zero-order valence-corrected chi connectivity index (χ0v) is 27.9. The molecule has 0 bridgehead atoms. The van der Waals surface area contributed by atoms with Crippen molar-refractivity contribution in [2.45, 2.75) is 6.42 Å². The molecule has 0 unspecified atom stereocenters. The minimum absolute atomic E-state index is 0.948. The van der Waals surface area contributed by atoms with Gasteiger partial charge in [-0.05, 0) is 112 Å². The first-order valence-electron chi connectivity index (χ1n) is 17.7. The highest BCUT2D eigenvalue weighted by molar-refractivity contribution is 6.12. The van der Waals surface area contributed by atoms with E-state index in [1.807, 2.05) is 0 Å². The maximum Gasteiger partial charge on any atom is 0.0541 e. The fourth-order valence-corrected chi connectivity index (χ4v) is 8.68. The predicted octanol–water partition coefficient (Wildman–Crippen LogP) is 12.8. The summed E-state index contributed by atoms with van der Waals surface area (Å²) in [5.74, 6) is 0. The van der Waals surface area contributed by atoms with Crippen LogP contribution in [0.1, 0.15) is 11.1 Å². The predicted molar refractivity (Wildman–Crippen MR) is 214 cm³/mol. The molecule has 11 rings (SSSR count). The van der Waals surface area contributed by atoms with E-state index in [1.54, 1.807) is 0 Å². The number of benzene rings is 8. The summed E-state index contributed by atoms with van der Waals surface area (Å²) < 4.78 is 4.83. The van der Waals surface area contributed by atoms with Gasteiger partial charge in [-0.1, -0.05) is 121 Å². The van der Waals surface area contributed by atoms with Crippen LogP contribution in [-0.4, -0.2) is 9.13 Å². The molecule has 0 spiro atoms. The molecule has 2 heterocycles. The van der Waals surface area contributed by atoms with Crippen LogP contribution in [-0.2, 0) is 6.42 Å². The first-order chi connectivity index (χ1) is 25.3. The molecule has 0 fully saturated rings. The summed E-state index contributed by atoms with van der Waals surface area (Å²) in [6.45, 7) is 0. The van der Waals surface area contributed by atoms with E-state index in [4.69, 9.17) is 0 Å². The van der Waals surface area contributed by atoms with Crippen molar-refractivity contribution in [3.8, 4) is 44.8 Å². The lowest BCUT2D eigenvalue weighted by molar-refractivity contribution is 1.16. The van der Waals surface area contributed by atoms with Crippen LogP contribution in [0.25, 0.3) is 88.4 Å². The van der Waals surface area contributed by atoms with Gasteiger partial charge in [-0.2, -0.15) is 0 Å². The van der Waals surface area contributed by atoms with Gasteiger partial charge in [0.15, 0.2) is 0 Å². The van der Waals surface area contributed by atoms with Crippen LogP contribution < -0.4 is 0 Å². The van der Waals surface area contributed by atoms with E-state index in [2.05, 4.69) is 191 Å². The second kappa shape index (κ2) is 10.9. The molecule has 2 nitrogen and oxygen atoms in total. The molecule has 0 saturated carbocycles. The van der Waals surface area contributed by atoms with Gasteiger partial charge in [-0.3, -0.25) is 0 Å². The SMILES string of the molecule is c1ccc(-c2cccc3c2-c2ccc(-n4c5ccccc5c5cc(-c6ccc7c(c6)c6ccccc6n7-c6ccccc6)ccc54)cc2C3)cc1. The van der Waals surface area contributed by atoms with Crippen LogP contribution >= 0.6 is 0 Å². The van der Waals surface area contributed by atoms with E-state index in [-0.39, 0.29) is 0 Å². The summed E-state index contributed by atoms with van der Waals surface area (Å²) in [5, 5.41) is 5.07. The summed E-state index contributed by atoms with van der Waals surface area (Å²) in [7, 11) is 0. The minimum atomic E-state index is 0.948. The zero-order valence-electron chi connectivity index (χ0n) is 27.9. The maximum absolute atomic E-state index is 2.45. The Hall–Kier alpha value is -6.64. The third-order valence-electron chi connectivity index (χ3n) is 10.9. The van der Waals surface area contributed by atoms with E-state index >= 15 is 0 Å². The molecule has 2 aromatic heterocycles. The van der Waals surface area contributed by atoms with E-state index in [0.29, 0.717) is 0 Å². The van der Waals surface area contributed by atoms with Gasteiger partial charge in [0.2, 0.25) is 0 Å². The summed E-state index contributed by atoms with van der Waals surface area (Å²) in [5.41, 5.74) is 17.8. The molecule has 0 aliphatic heterocycles. The Morgan fingerprint density at radius 2 is 0.882 bits per heavy atom. The lowest BCUT2D eigenvalue weighted by Crippen LogP contribution is -1.95. The van der Waals surface area contributed by atoms with E-state index in [0.717, 1.165) is 6.42 Å². The maximum atomic E-state index is 2.45. The molecule has 0 amide bonds. The standard InChI is InChI=1S/C49H32N2/c1-3-12-32(13-4-1)39-19-11-14-35-28-36-29-38(24-25-40(36)49(35)39)51-46-21-10-8-18-42(46)44-31-34(23-27-48(44)51)33-22-26-47-43(30-33)41-17-7-9-20-45(41)50(47)37-15-5-2-6-16-37/h1-27,29-31H,28H2. The number of aromatic nitrogens is 2. The quantitative estimate of drug-likeness (QED) is 0.180. The smallest absolute Gasteiger partial charge is 0.0541 e. The lowest BCUT2D eigenvalue weighted by atomic mass is 9.94. The van der Waals surface area contributed by atoms with Crippen LogP contribution in [0.2, 0.25) is 0 Å². The molecule has 1 aliphatic carbocycles. The highest BCUT2D eigenvalue weighted by atomic mass is 15.0.